The lowest BCUT2D eigenvalue weighted by Crippen LogP contribution is -2.27. The predicted octanol–water partition coefficient (Wildman–Crippen LogP) is 10.8. The van der Waals surface area contributed by atoms with Crippen LogP contribution in [0.5, 0.6) is 5.75 Å². The fourth-order valence-electron chi connectivity index (χ4n) is 6.27. The van der Waals surface area contributed by atoms with Crippen LogP contribution >= 0.6 is 8.58 Å². The highest BCUT2D eigenvalue weighted by Crippen LogP contribution is 2.40. The van der Waals surface area contributed by atoms with Gasteiger partial charge in [-0.1, -0.05) is 156 Å². The third kappa shape index (κ3) is 13.5. The first-order chi connectivity index (χ1) is 24.3. The Kier molecular flexibility index (Phi) is 16.8. The topological polar surface area (TPSA) is 41.6 Å². The van der Waals surface area contributed by atoms with E-state index in [4.69, 9.17) is 4.74 Å². The van der Waals surface area contributed by atoms with Gasteiger partial charge in [0.15, 0.2) is 0 Å². The maximum atomic E-state index is 12.5. The van der Waals surface area contributed by atoms with Crippen LogP contribution in [0.25, 0.3) is 11.1 Å². The molecule has 0 heterocycles. The van der Waals surface area contributed by atoms with E-state index < -0.39 is 0 Å². The summed E-state index contributed by atoms with van der Waals surface area (Å²) in [6.45, 7) is 6.83. The number of ether oxygens (including phenoxy) is 1. The highest BCUT2D eigenvalue weighted by Gasteiger charge is 2.21. The molecule has 1 unspecified atom stereocenters. The van der Waals surface area contributed by atoms with Crippen molar-refractivity contribution in [3.05, 3.63) is 138 Å². The van der Waals surface area contributed by atoms with E-state index in [0.717, 1.165) is 31.7 Å². The van der Waals surface area contributed by atoms with Gasteiger partial charge in [-0.2, -0.15) is 0 Å². The number of carbonyl (C=O) groups is 1. The monoisotopic (exact) mass is 690 g/mol. The van der Waals surface area contributed by atoms with E-state index in [0.29, 0.717) is 21.3 Å². The molecular weight excluding hydrogens is 631 g/mol. The Bertz CT molecular complexity index is 1550. The molecule has 1 atom stereocenters. The van der Waals surface area contributed by atoms with Crippen molar-refractivity contribution >= 4 is 25.6 Å². The fraction of sp³-hybridized carbons (Fsp3) is 0.400. The van der Waals surface area contributed by atoms with Crippen LogP contribution in [0.4, 0.5) is 0 Å². The maximum absolute atomic E-state index is 12.5. The van der Waals surface area contributed by atoms with Crippen molar-refractivity contribution in [1.82, 2.24) is 10.2 Å². The molecule has 4 rings (SSSR count). The van der Waals surface area contributed by atoms with Crippen molar-refractivity contribution in [2.24, 2.45) is 0 Å². The molecule has 1 N–H and O–H groups in total. The Hall–Kier alpha value is -3.72. The molecule has 0 aromatic heterocycles. The summed E-state index contributed by atoms with van der Waals surface area (Å²) in [4.78, 5) is 14.6. The third-order valence-corrected chi connectivity index (χ3v) is 11.0. The van der Waals surface area contributed by atoms with Crippen LogP contribution in [0.3, 0.4) is 0 Å². The summed E-state index contributed by atoms with van der Waals surface area (Å²) in [5.41, 5.74) is 7.79. The number of unbranched alkanes of at least 4 members (excludes halogenated alkanes) is 7. The minimum atomic E-state index is 0.0375. The Balaban J connectivity index is 1.22. The van der Waals surface area contributed by atoms with Gasteiger partial charge in [0.05, 0.1) is 0 Å². The van der Waals surface area contributed by atoms with Crippen molar-refractivity contribution in [3.8, 4) is 5.75 Å². The lowest BCUT2D eigenvalue weighted by atomic mass is 9.86. The van der Waals surface area contributed by atoms with Crippen molar-refractivity contribution < 1.29 is 9.53 Å². The minimum Gasteiger partial charge on any atom is -0.492 e. The standard InChI is InChI=1S/C45H59N2O2P/c1-45(2,40-26-18-13-19-27-40)50-36-43(48)46-33-21-10-8-6-5-7-9-20-28-42(37-22-14-11-15-23-37)44(38-24-16-12-17-25-38)39-29-31-41(32-30-39)49-35-34-47(3)4/h11-19,22-27,29-32,50H,5-10,20-21,28,33-36H2,1-4H3,(H,46,48)/b44-42-. The zero-order valence-electron chi connectivity index (χ0n) is 30.9. The van der Waals surface area contributed by atoms with Crippen LogP contribution in [-0.2, 0) is 9.95 Å². The summed E-state index contributed by atoms with van der Waals surface area (Å²) >= 11 is 0. The average Bonchev–Trinajstić information content (AvgIpc) is 3.14. The van der Waals surface area contributed by atoms with Crippen molar-refractivity contribution in [2.45, 2.75) is 76.8 Å². The number of nitrogens with zero attached hydrogens (tertiary/aromatic N) is 1. The minimum absolute atomic E-state index is 0.0375. The van der Waals surface area contributed by atoms with E-state index in [2.05, 4.69) is 147 Å². The number of hydrogen-bond acceptors (Lipinski definition) is 3. The van der Waals surface area contributed by atoms with E-state index in [1.54, 1.807) is 0 Å². The molecule has 4 nitrogen and oxygen atoms in total. The van der Waals surface area contributed by atoms with Crippen LogP contribution in [0.1, 0.15) is 93.9 Å². The third-order valence-electron chi connectivity index (χ3n) is 9.30. The second-order valence-corrected chi connectivity index (χ2v) is 16.0. The Morgan fingerprint density at radius 3 is 1.78 bits per heavy atom. The first-order valence-electron chi connectivity index (χ1n) is 18.6. The van der Waals surface area contributed by atoms with Gasteiger partial charge in [-0.05, 0) is 78.9 Å². The number of likely N-dealkylation sites (N-methyl/N-ethyl adjacent to an activating group) is 1. The molecule has 50 heavy (non-hydrogen) atoms. The van der Waals surface area contributed by atoms with Gasteiger partial charge < -0.3 is 15.0 Å². The van der Waals surface area contributed by atoms with Crippen LogP contribution in [0.2, 0.25) is 0 Å². The van der Waals surface area contributed by atoms with Gasteiger partial charge in [0.1, 0.15) is 12.4 Å². The molecule has 0 aliphatic rings. The van der Waals surface area contributed by atoms with E-state index >= 15 is 0 Å². The number of allylic oxidation sites excluding steroid dienone is 1. The summed E-state index contributed by atoms with van der Waals surface area (Å²) in [5, 5.41) is 3.19. The number of benzene rings is 4. The lowest BCUT2D eigenvalue weighted by Gasteiger charge is -2.25. The molecule has 0 saturated carbocycles. The van der Waals surface area contributed by atoms with Gasteiger partial charge in [-0.15, -0.1) is 8.58 Å². The summed E-state index contributed by atoms with van der Waals surface area (Å²) < 4.78 is 6.01. The second-order valence-electron chi connectivity index (χ2n) is 14.0. The Morgan fingerprint density at radius 1 is 0.660 bits per heavy atom. The number of carbonyl (C=O) groups excluding carboxylic acids is 1. The number of rotatable bonds is 22. The van der Waals surface area contributed by atoms with Crippen molar-refractivity contribution in [3.63, 3.8) is 0 Å². The van der Waals surface area contributed by atoms with Crippen LogP contribution in [0, 0.1) is 0 Å². The number of hydrogen-bond donors (Lipinski definition) is 1. The largest absolute Gasteiger partial charge is 0.492 e. The smallest absolute Gasteiger partial charge is 0.224 e. The van der Waals surface area contributed by atoms with Gasteiger partial charge in [0, 0.05) is 24.4 Å². The highest BCUT2D eigenvalue weighted by atomic mass is 31.1. The van der Waals surface area contributed by atoms with Crippen LogP contribution in [-0.4, -0.2) is 50.8 Å². The van der Waals surface area contributed by atoms with Gasteiger partial charge in [-0.25, -0.2) is 0 Å². The molecule has 0 fully saturated rings. The first kappa shape index (κ1) is 39.1. The molecule has 0 aliphatic carbocycles. The molecular formula is C45H59N2O2P. The molecule has 0 bridgehead atoms. The molecule has 0 aliphatic heterocycles. The lowest BCUT2D eigenvalue weighted by molar-refractivity contribution is -0.118. The first-order valence-corrected chi connectivity index (χ1v) is 19.8. The summed E-state index contributed by atoms with van der Waals surface area (Å²) in [6.07, 6.45) is 11.3. The van der Waals surface area contributed by atoms with Gasteiger partial charge in [-0.3, -0.25) is 4.79 Å². The summed E-state index contributed by atoms with van der Waals surface area (Å²) in [6, 6.07) is 40.9. The summed E-state index contributed by atoms with van der Waals surface area (Å²) in [7, 11) is 4.71. The van der Waals surface area contributed by atoms with E-state index in [-0.39, 0.29) is 11.1 Å². The number of amides is 1. The predicted molar refractivity (Wildman–Crippen MR) is 217 cm³/mol. The van der Waals surface area contributed by atoms with Gasteiger partial charge in [0.25, 0.3) is 0 Å². The molecule has 0 spiro atoms. The normalized spacial score (nSPS) is 12.3. The average molecular weight is 691 g/mol. The van der Waals surface area contributed by atoms with Gasteiger partial charge >= 0.3 is 0 Å². The van der Waals surface area contributed by atoms with Crippen molar-refractivity contribution in [2.75, 3.05) is 40.0 Å². The van der Waals surface area contributed by atoms with E-state index in [9.17, 15) is 4.79 Å². The Labute approximate surface area is 304 Å². The molecule has 5 heteroatoms. The second kappa shape index (κ2) is 21.5. The Morgan fingerprint density at radius 2 is 1.18 bits per heavy atom. The van der Waals surface area contributed by atoms with Crippen LogP contribution in [0.15, 0.2) is 115 Å². The van der Waals surface area contributed by atoms with E-state index in [1.807, 2.05) is 6.07 Å². The molecule has 4 aromatic carbocycles. The number of nitrogens with one attached hydrogen (secondary N) is 1. The zero-order chi connectivity index (χ0) is 35.4. The SMILES string of the molecule is CN(C)CCOc1ccc(/C(=C(/CCCCCCCCCCNC(=O)CPC(C)(C)c2ccccc2)c2ccccc2)c2ccccc2)cc1. The molecule has 0 saturated heterocycles. The van der Waals surface area contributed by atoms with E-state index in [1.165, 1.54) is 78.3 Å². The quantitative estimate of drug-likeness (QED) is 0.0507. The highest BCUT2D eigenvalue weighted by molar-refractivity contribution is 7.40. The fourth-order valence-corrected chi connectivity index (χ4v) is 7.37. The van der Waals surface area contributed by atoms with Crippen molar-refractivity contribution in [1.29, 1.82) is 0 Å². The summed E-state index contributed by atoms with van der Waals surface area (Å²) in [5.74, 6) is 1.10. The maximum Gasteiger partial charge on any atom is 0.224 e. The molecule has 266 valence electrons. The molecule has 4 aromatic rings. The molecule has 1 amide bonds. The van der Waals surface area contributed by atoms with Gasteiger partial charge in [0.2, 0.25) is 5.91 Å². The van der Waals surface area contributed by atoms with Crippen LogP contribution < -0.4 is 10.1 Å². The zero-order valence-corrected chi connectivity index (χ0v) is 31.9. The molecule has 0 radical (unpaired) electrons.